The second-order valence-corrected chi connectivity index (χ2v) is 6.22. The zero-order chi connectivity index (χ0) is 17.1. The smallest absolute Gasteiger partial charge is 0.319 e. The second kappa shape index (κ2) is 6.83. The summed E-state index contributed by atoms with van der Waals surface area (Å²) < 4.78 is 5.63. The maximum Gasteiger partial charge on any atom is 0.319 e. The van der Waals surface area contributed by atoms with E-state index in [1.165, 1.54) is 0 Å². The largest absolute Gasteiger partial charge is 0.493 e. The fourth-order valence-corrected chi connectivity index (χ4v) is 2.87. The molecule has 0 spiro atoms. The highest BCUT2D eigenvalue weighted by Crippen LogP contribution is 2.31. The molecule has 1 aliphatic heterocycles. The Morgan fingerprint density at radius 2 is 2.00 bits per heavy atom. The number of amides is 2. The van der Waals surface area contributed by atoms with Gasteiger partial charge in [-0.25, -0.2) is 4.79 Å². The first-order valence-corrected chi connectivity index (χ1v) is 8.12. The highest BCUT2D eigenvalue weighted by Gasteiger charge is 2.22. The number of benzene rings is 2. The van der Waals surface area contributed by atoms with E-state index in [0.717, 1.165) is 34.7 Å². The highest BCUT2D eigenvalue weighted by molar-refractivity contribution is 5.90. The Labute approximate surface area is 142 Å². The zero-order valence-electron chi connectivity index (χ0n) is 14.3. The van der Waals surface area contributed by atoms with Crippen molar-refractivity contribution in [3.8, 4) is 5.75 Å². The first-order valence-electron chi connectivity index (χ1n) is 8.12. The molecule has 1 atom stereocenters. The molecule has 2 aromatic rings. The fourth-order valence-electron chi connectivity index (χ4n) is 2.87. The summed E-state index contributed by atoms with van der Waals surface area (Å²) in [4.78, 5) is 14.4. The van der Waals surface area contributed by atoms with Gasteiger partial charge in [-0.15, -0.1) is 0 Å². The van der Waals surface area contributed by atoms with Crippen molar-refractivity contribution in [3.05, 3.63) is 53.6 Å². The molecule has 0 saturated heterocycles. The molecule has 3 rings (SSSR count). The lowest BCUT2D eigenvalue weighted by molar-refractivity contribution is 0.232. The van der Waals surface area contributed by atoms with E-state index < -0.39 is 0 Å². The number of nitrogens with one attached hydrogen (secondary N) is 2. The van der Waals surface area contributed by atoms with Gasteiger partial charge in [-0.1, -0.05) is 18.2 Å². The lowest BCUT2D eigenvalue weighted by Crippen LogP contribution is -2.35. The van der Waals surface area contributed by atoms with Crippen LogP contribution in [0.4, 0.5) is 16.2 Å². The molecule has 2 N–H and O–H groups in total. The molecule has 0 aliphatic carbocycles. The molecule has 24 heavy (non-hydrogen) atoms. The number of hydrogen-bond acceptors (Lipinski definition) is 3. The van der Waals surface area contributed by atoms with Gasteiger partial charge < -0.3 is 20.3 Å². The lowest BCUT2D eigenvalue weighted by Gasteiger charge is -2.26. The maximum absolute atomic E-state index is 12.4. The number of urea groups is 1. The highest BCUT2D eigenvalue weighted by atomic mass is 16.5. The van der Waals surface area contributed by atoms with Crippen LogP contribution >= 0.6 is 0 Å². The molecular formula is C19H23N3O2. The van der Waals surface area contributed by atoms with Crippen molar-refractivity contribution >= 4 is 17.4 Å². The minimum Gasteiger partial charge on any atom is -0.493 e. The van der Waals surface area contributed by atoms with Crippen molar-refractivity contribution in [3.63, 3.8) is 0 Å². The summed E-state index contributed by atoms with van der Waals surface area (Å²) in [5.74, 6) is 0.848. The average molecular weight is 325 g/mol. The van der Waals surface area contributed by atoms with E-state index in [1.54, 1.807) is 0 Å². The number of rotatable bonds is 3. The number of fused-ring (bicyclic) bond motifs is 1. The minimum atomic E-state index is -0.197. The van der Waals surface area contributed by atoms with Gasteiger partial charge in [-0.2, -0.15) is 0 Å². The van der Waals surface area contributed by atoms with Crippen molar-refractivity contribution in [1.29, 1.82) is 0 Å². The van der Waals surface area contributed by atoms with Crippen LogP contribution in [0.3, 0.4) is 0 Å². The van der Waals surface area contributed by atoms with Crippen molar-refractivity contribution in [2.24, 2.45) is 0 Å². The Morgan fingerprint density at radius 3 is 2.75 bits per heavy atom. The number of carbonyl (C=O) groups excluding carboxylic acids is 1. The standard InChI is InChI=1S/C19H23N3O2/c1-13-12-14(22(2)3)8-9-16(13)20-19(23)21-17-10-11-24-18-7-5-4-6-15(17)18/h4-9,12,17H,10-11H2,1-3H3,(H2,20,21,23). The Balaban J connectivity index is 1.69. The van der Waals surface area contributed by atoms with Crippen molar-refractivity contribution in [1.82, 2.24) is 5.32 Å². The van der Waals surface area contributed by atoms with Gasteiger partial charge in [0.05, 0.1) is 12.6 Å². The molecule has 2 amide bonds. The van der Waals surface area contributed by atoms with Gasteiger partial charge in [0.2, 0.25) is 0 Å². The number of aryl methyl sites for hydroxylation is 1. The van der Waals surface area contributed by atoms with Crippen LogP contribution in [-0.2, 0) is 0 Å². The van der Waals surface area contributed by atoms with Crippen LogP contribution in [-0.4, -0.2) is 26.7 Å². The van der Waals surface area contributed by atoms with Crippen LogP contribution in [0.5, 0.6) is 5.75 Å². The summed E-state index contributed by atoms with van der Waals surface area (Å²) >= 11 is 0. The van der Waals surface area contributed by atoms with Crippen LogP contribution in [0.15, 0.2) is 42.5 Å². The lowest BCUT2D eigenvalue weighted by atomic mass is 10.0. The normalized spacial score (nSPS) is 15.9. The molecule has 1 heterocycles. The molecule has 1 aliphatic rings. The van der Waals surface area contributed by atoms with Crippen LogP contribution < -0.4 is 20.3 Å². The molecule has 0 fully saturated rings. The van der Waals surface area contributed by atoms with E-state index in [1.807, 2.05) is 62.3 Å². The van der Waals surface area contributed by atoms with Crippen molar-refractivity contribution in [2.75, 3.05) is 30.9 Å². The Hall–Kier alpha value is -2.69. The number of hydrogen-bond donors (Lipinski definition) is 2. The third-order valence-electron chi connectivity index (χ3n) is 4.24. The summed E-state index contributed by atoms with van der Waals surface area (Å²) in [5, 5.41) is 5.99. The molecule has 2 aromatic carbocycles. The Morgan fingerprint density at radius 1 is 1.21 bits per heavy atom. The van der Waals surface area contributed by atoms with Gasteiger partial charge in [-0.3, -0.25) is 0 Å². The summed E-state index contributed by atoms with van der Waals surface area (Å²) in [7, 11) is 3.99. The van der Waals surface area contributed by atoms with Crippen LogP contribution in [0.25, 0.3) is 0 Å². The molecule has 5 heteroatoms. The molecule has 0 bridgehead atoms. The number of para-hydroxylation sites is 1. The summed E-state index contributed by atoms with van der Waals surface area (Å²) in [6, 6.07) is 13.6. The van der Waals surface area contributed by atoms with E-state index in [-0.39, 0.29) is 12.1 Å². The van der Waals surface area contributed by atoms with Crippen LogP contribution in [0.2, 0.25) is 0 Å². The SMILES string of the molecule is Cc1cc(N(C)C)ccc1NC(=O)NC1CCOc2ccccc21. The average Bonchev–Trinajstić information content (AvgIpc) is 2.57. The topological polar surface area (TPSA) is 53.6 Å². The number of ether oxygens (including phenoxy) is 1. The van der Waals surface area contributed by atoms with Gasteiger partial charge in [0.25, 0.3) is 0 Å². The molecule has 0 radical (unpaired) electrons. The third-order valence-corrected chi connectivity index (χ3v) is 4.24. The zero-order valence-corrected chi connectivity index (χ0v) is 14.3. The predicted molar refractivity (Wildman–Crippen MR) is 97.0 cm³/mol. The molecule has 1 unspecified atom stereocenters. The van der Waals surface area contributed by atoms with Crippen LogP contribution in [0, 0.1) is 6.92 Å². The number of nitrogens with zero attached hydrogens (tertiary/aromatic N) is 1. The van der Waals surface area contributed by atoms with Crippen LogP contribution in [0.1, 0.15) is 23.6 Å². The van der Waals surface area contributed by atoms with Crippen molar-refractivity contribution < 1.29 is 9.53 Å². The second-order valence-electron chi connectivity index (χ2n) is 6.22. The first kappa shape index (κ1) is 16.2. The third kappa shape index (κ3) is 3.45. The number of carbonyl (C=O) groups is 1. The minimum absolute atomic E-state index is 0.0312. The Kier molecular flexibility index (Phi) is 4.60. The number of anilines is 2. The summed E-state index contributed by atoms with van der Waals surface area (Å²) in [6.45, 7) is 2.60. The fraction of sp³-hybridized carbons (Fsp3) is 0.316. The quantitative estimate of drug-likeness (QED) is 0.904. The van der Waals surface area contributed by atoms with E-state index >= 15 is 0 Å². The van der Waals surface area contributed by atoms with E-state index in [9.17, 15) is 4.79 Å². The molecule has 0 aromatic heterocycles. The predicted octanol–water partition coefficient (Wildman–Crippen LogP) is 3.71. The van der Waals surface area contributed by atoms with Gasteiger partial charge in [0.15, 0.2) is 0 Å². The Bertz CT molecular complexity index is 743. The monoisotopic (exact) mass is 325 g/mol. The van der Waals surface area contributed by atoms with E-state index in [2.05, 4.69) is 16.7 Å². The molecule has 126 valence electrons. The summed E-state index contributed by atoms with van der Waals surface area (Å²) in [6.07, 6.45) is 0.767. The van der Waals surface area contributed by atoms with Gasteiger partial charge in [0, 0.05) is 37.5 Å². The maximum atomic E-state index is 12.4. The molecule has 5 nitrogen and oxygen atoms in total. The molecular weight excluding hydrogens is 302 g/mol. The van der Waals surface area contributed by atoms with E-state index in [4.69, 9.17) is 4.74 Å². The van der Waals surface area contributed by atoms with Gasteiger partial charge in [-0.05, 0) is 36.8 Å². The van der Waals surface area contributed by atoms with Crippen molar-refractivity contribution in [2.45, 2.75) is 19.4 Å². The molecule has 0 saturated carbocycles. The van der Waals surface area contributed by atoms with E-state index in [0.29, 0.717) is 6.61 Å². The summed E-state index contributed by atoms with van der Waals surface area (Å²) in [5.41, 5.74) is 3.98. The first-order chi connectivity index (χ1) is 11.5. The van der Waals surface area contributed by atoms with Gasteiger partial charge >= 0.3 is 6.03 Å². The van der Waals surface area contributed by atoms with Gasteiger partial charge in [0.1, 0.15) is 5.75 Å².